The molecular weight excluding hydrogens is 216 g/mol. The van der Waals surface area contributed by atoms with Crippen molar-refractivity contribution < 1.29 is 13.5 Å². The summed E-state index contributed by atoms with van der Waals surface area (Å²) in [5.41, 5.74) is 1.58. The average Bonchev–Trinajstić information content (AvgIpc) is 2.22. The molecule has 0 aliphatic heterocycles. The van der Waals surface area contributed by atoms with Crippen LogP contribution in [0.1, 0.15) is 11.4 Å². The predicted octanol–water partition coefficient (Wildman–Crippen LogP) is 1.79. The summed E-state index contributed by atoms with van der Waals surface area (Å²) in [6.45, 7) is 3.80. The van der Waals surface area contributed by atoms with Crippen molar-refractivity contribution in [2.45, 2.75) is 20.3 Å². The SMILES string of the molecule is Cc1cnc(C)c(NCCOCC(F)F)n1. The lowest BCUT2D eigenvalue weighted by Crippen LogP contribution is -2.14. The normalized spacial score (nSPS) is 10.8. The lowest BCUT2D eigenvalue weighted by molar-refractivity contribution is 0.0214. The Balaban J connectivity index is 2.29. The monoisotopic (exact) mass is 231 g/mol. The van der Waals surface area contributed by atoms with Crippen molar-refractivity contribution in [2.75, 3.05) is 25.1 Å². The molecule has 1 aromatic rings. The molecule has 0 radical (unpaired) electrons. The van der Waals surface area contributed by atoms with Crippen LogP contribution >= 0.6 is 0 Å². The molecule has 0 fully saturated rings. The van der Waals surface area contributed by atoms with Crippen molar-refractivity contribution in [1.82, 2.24) is 9.97 Å². The molecule has 1 aromatic heterocycles. The first-order chi connectivity index (χ1) is 7.59. The Morgan fingerprint density at radius 2 is 2.19 bits per heavy atom. The van der Waals surface area contributed by atoms with E-state index in [1.54, 1.807) is 6.20 Å². The fourth-order valence-electron chi connectivity index (χ4n) is 1.12. The summed E-state index contributed by atoms with van der Waals surface area (Å²) < 4.78 is 28.2. The Labute approximate surface area is 93.1 Å². The molecule has 0 unspecified atom stereocenters. The number of nitrogens with zero attached hydrogens (tertiary/aromatic N) is 2. The molecule has 0 saturated carbocycles. The van der Waals surface area contributed by atoms with Gasteiger partial charge in [-0.25, -0.2) is 13.8 Å². The Bertz CT molecular complexity index is 334. The van der Waals surface area contributed by atoms with Crippen molar-refractivity contribution in [3.63, 3.8) is 0 Å². The van der Waals surface area contributed by atoms with Gasteiger partial charge in [-0.1, -0.05) is 0 Å². The van der Waals surface area contributed by atoms with E-state index in [-0.39, 0.29) is 6.61 Å². The minimum Gasteiger partial charge on any atom is -0.374 e. The molecule has 0 spiro atoms. The van der Waals surface area contributed by atoms with Gasteiger partial charge in [0, 0.05) is 12.7 Å². The highest BCUT2D eigenvalue weighted by Crippen LogP contribution is 2.07. The molecule has 1 N–H and O–H groups in total. The summed E-state index contributed by atoms with van der Waals surface area (Å²) >= 11 is 0. The fourth-order valence-corrected chi connectivity index (χ4v) is 1.12. The first-order valence-corrected chi connectivity index (χ1v) is 4.99. The zero-order valence-electron chi connectivity index (χ0n) is 9.33. The Hall–Kier alpha value is -1.30. The second-order valence-corrected chi connectivity index (χ2v) is 3.34. The van der Waals surface area contributed by atoms with Crippen LogP contribution in [0.25, 0.3) is 0 Å². The number of alkyl halides is 2. The van der Waals surface area contributed by atoms with Crippen molar-refractivity contribution in [3.05, 3.63) is 17.6 Å². The third-order valence-electron chi connectivity index (χ3n) is 1.86. The van der Waals surface area contributed by atoms with Crippen LogP contribution in [0.5, 0.6) is 0 Å². The van der Waals surface area contributed by atoms with Gasteiger partial charge in [-0.15, -0.1) is 0 Å². The van der Waals surface area contributed by atoms with Gasteiger partial charge in [0.2, 0.25) is 0 Å². The van der Waals surface area contributed by atoms with Gasteiger partial charge in [0.15, 0.2) is 0 Å². The van der Waals surface area contributed by atoms with E-state index in [2.05, 4.69) is 15.3 Å². The molecule has 90 valence electrons. The standard InChI is InChI=1S/C10H15F2N3O/c1-7-5-14-8(2)10(15-7)13-3-4-16-6-9(11)12/h5,9H,3-4,6H2,1-2H3,(H,13,15). The quantitative estimate of drug-likeness (QED) is 0.758. The second kappa shape index (κ2) is 6.32. The molecule has 1 rings (SSSR count). The largest absolute Gasteiger partial charge is 0.374 e. The fraction of sp³-hybridized carbons (Fsp3) is 0.600. The van der Waals surface area contributed by atoms with E-state index in [0.717, 1.165) is 11.4 Å². The number of halogens is 2. The average molecular weight is 231 g/mol. The van der Waals surface area contributed by atoms with Crippen LogP contribution < -0.4 is 5.32 Å². The van der Waals surface area contributed by atoms with Crippen LogP contribution in [0, 0.1) is 13.8 Å². The minimum absolute atomic E-state index is 0.222. The van der Waals surface area contributed by atoms with Crippen LogP contribution in [0.4, 0.5) is 14.6 Å². The molecule has 6 heteroatoms. The number of hydrogen-bond acceptors (Lipinski definition) is 4. The molecule has 0 aliphatic carbocycles. The number of rotatable bonds is 6. The summed E-state index contributed by atoms with van der Waals surface area (Å²) in [6, 6.07) is 0. The lowest BCUT2D eigenvalue weighted by Gasteiger charge is -2.08. The highest BCUT2D eigenvalue weighted by Gasteiger charge is 2.03. The summed E-state index contributed by atoms with van der Waals surface area (Å²) in [5, 5.41) is 2.98. The van der Waals surface area contributed by atoms with Gasteiger partial charge in [-0.05, 0) is 13.8 Å². The first-order valence-electron chi connectivity index (χ1n) is 4.99. The Kier molecular flexibility index (Phi) is 5.04. The van der Waals surface area contributed by atoms with E-state index in [0.29, 0.717) is 12.4 Å². The highest BCUT2D eigenvalue weighted by atomic mass is 19.3. The van der Waals surface area contributed by atoms with Crippen LogP contribution in [-0.4, -0.2) is 36.2 Å². The van der Waals surface area contributed by atoms with Gasteiger partial charge in [-0.2, -0.15) is 0 Å². The van der Waals surface area contributed by atoms with Crippen LogP contribution in [0.3, 0.4) is 0 Å². The van der Waals surface area contributed by atoms with Crippen molar-refractivity contribution in [1.29, 1.82) is 0 Å². The Morgan fingerprint density at radius 3 is 2.88 bits per heavy atom. The number of aromatic nitrogens is 2. The molecular formula is C10H15F2N3O. The van der Waals surface area contributed by atoms with Crippen molar-refractivity contribution in [2.24, 2.45) is 0 Å². The minimum atomic E-state index is -2.42. The third kappa shape index (κ3) is 4.48. The molecule has 0 bridgehead atoms. The number of hydrogen-bond donors (Lipinski definition) is 1. The summed E-state index contributed by atoms with van der Waals surface area (Å²) in [5.74, 6) is 0.667. The maximum atomic E-state index is 11.7. The molecule has 0 aliphatic rings. The zero-order valence-corrected chi connectivity index (χ0v) is 9.33. The number of anilines is 1. The van der Waals surface area contributed by atoms with Crippen molar-refractivity contribution >= 4 is 5.82 Å². The number of ether oxygens (including phenoxy) is 1. The molecule has 0 amide bonds. The van der Waals surface area contributed by atoms with Gasteiger partial charge < -0.3 is 10.1 Å². The molecule has 0 saturated heterocycles. The van der Waals surface area contributed by atoms with E-state index < -0.39 is 13.0 Å². The number of nitrogens with one attached hydrogen (secondary N) is 1. The lowest BCUT2D eigenvalue weighted by atomic mass is 10.4. The molecule has 0 atom stereocenters. The second-order valence-electron chi connectivity index (χ2n) is 3.34. The summed E-state index contributed by atoms with van der Waals surface area (Å²) in [4.78, 5) is 8.35. The first kappa shape index (κ1) is 12.8. The van der Waals surface area contributed by atoms with Crippen LogP contribution in [0.15, 0.2) is 6.20 Å². The molecule has 1 heterocycles. The van der Waals surface area contributed by atoms with Crippen LogP contribution in [0.2, 0.25) is 0 Å². The van der Waals surface area contributed by atoms with Gasteiger partial charge in [0.1, 0.15) is 12.4 Å². The summed E-state index contributed by atoms with van der Waals surface area (Å²) in [7, 11) is 0. The zero-order chi connectivity index (χ0) is 12.0. The van der Waals surface area contributed by atoms with Crippen LogP contribution in [-0.2, 0) is 4.74 Å². The smallest absolute Gasteiger partial charge is 0.261 e. The maximum absolute atomic E-state index is 11.7. The maximum Gasteiger partial charge on any atom is 0.261 e. The molecule has 16 heavy (non-hydrogen) atoms. The van der Waals surface area contributed by atoms with Gasteiger partial charge in [0.25, 0.3) is 6.43 Å². The van der Waals surface area contributed by atoms with E-state index in [1.807, 2.05) is 13.8 Å². The Morgan fingerprint density at radius 1 is 1.44 bits per heavy atom. The summed E-state index contributed by atoms with van der Waals surface area (Å²) in [6.07, 6.45) is -0.742. The van der Waals surface area contributed by atoms with Gasteiger partial charge in [0.05, 0.1) is 18.0 Å². The third-order valence-corrected chi connectivity index (χ3v) is 1.86. The predicted molar refractivity (Wildman–Crippen MR) is 56.8 cm³/mol. The van der Waals surface area contributed by atoms with E-state index in [9.17, 15) is 8.78 Å². The van der Waals surface area contributed by atoms with E-state index >= 15 is 0 Å². The van der Waals surface area contributed by atoms with Crippen molar-refractivity contribution in [3.8, 4) is 0 Å². The number of aryl methyl sites for hydroxylation is 2. The van der Waals surface area contributed by atoms with Gasteiger partial charge in [-0.3, -0.25) is 4.98 Å². The highest BCUT2D eigenvalue weighted by molar-refractivity contribution is 5.39. The van der Waals surface area contributed by atoms with Gasteiger partial charge >= 0.3 is 0 Å². The topological polar surface area (TPSA) is 47.0 Å². The molecule has 4 nitrogen and oxygen atoms in total. The van der Waals surface area contributed by atoms with E-state index in [4.69, 9.17) is 4.74 Å². The van der Waals surface area contributed by atoms with E-state index in [1.165, 1.54) is 0 Å². The molecule has 0 aromatic carbocycles.